The van der Waals surface area contributed by atoms with Crippen molar-refractivity contribution in [1.29, 1.82) is 0 Å². The minimum atomic E-state index is -1.13. The van der Waals surface area contributed by atoms with Crippen molar-refractivity contribution in [3.8, 4) is 0 Å². The Hall–Kier alpha value is -4.29. The van der Waals surface area contributed by atoms with Gasteiger partial charge in [-0.25, -0.2) is 0 Å². The normalized spacial score (nSPS) is 17.8. The highest BCUT2D eigenvalue weighted by Crippen LogP contribution is 2.31. The van der Waals surface area contributed by atoms with Gasteiger partial charge in [-0.3, -0.25) is 34.3 Å². The number of piperidine rings is 1. The minimum absolute atomic E-state index is 0.00768. The van der Waals surface area contributed by atoms with Crippen molar-refractivity contribution in [2.45, 2.75) is 32.1 Å². The number of amides is 2. The van der Waals surface area contributed by atoms with E-state index in [1.807, 2.05) is 0 Å². The fraction of sp³-hybridized carbons (Fsp3) is 0.409. The Bertz CT molecular complexity index is 1240. The first-order chi connectivity index (χ1) is 16.8. The molecule has 0 spiro atoms. The number of H-pyrrole nitrogens is 1. The molecule has 184 valence electrons. The van der Waals surface area contributed by atoms with Crippen LogP contribution < -0.4 is 21.1 Å². The number of aromatic nitrogens is 2. The summed E-state index contributed by atoms with van der Waals surface area (Å²) in [7, 11) is 0. The molecule has 4 rings (SSSR count). The Morgan fingerprint density at radius 3 is 2.71 bits per heavy atom. The van der Waals surface area contributed by atoms with Gasteiger partial charge in [-0.2, -0.15) is 4.98 Å². The maximum absolute atomic E-state index is 13.0. The van der Waals surface area contributed by atoms with Crippen LogP contribution in [0.15, 0.2) is 29.1 Å². The van der Waals surface area contributed by atoms with Gasteiger partial charge in [-0.05, 0) is 25.8 Å². The zero-order valence-corrected chi connectivity index (χ0v) is 18.9. The Kier molecular flexibility index (Phi) is 6.75. The van der Waals surface area contributed by atoms with Crippen LogP contribution in [0.3, 0.4) is 0 Å². The van der Waals surface area contributed by atoms with E-state index in [9.17, 15) is 29.3 Å². The summed E-state index contributed by atoms with van der Waals surface area (Å²) in [5.41, 5.74) is -0.600. The van der Waals surface area contributed by atoms with Gasteiger partial charge >= 0.3 is 5.97 Å². The lowest BCUT2D eigenvalue weighted by Crippen LogP contribution is -2.41. The number of ether oxygens (including phenoxy) is 1. The lowest BCUT2D eigenvalue weighted by molar-refractivity contribution is -0.384. The number of benzene rings is 1. The van der Waals surface area contributed by atoms with Crippen LogP contribution in [0, 0.1) is 16.0 Å². The molecule has 13 heteroatoms. The van der Waals surface area contributed by atoms with Gasteiger partial charge in [0.1, 0.15) is 5.82 Å². The molecule has 1 fully saturated rings. The highest BCUT2D eigenvalue weighted by molar-refractivity contribution is 6.04. The maximum atomic E-state index is 13.0. The number of carbonyl (C=O) groups is 3. The molecule has 2 aliphatic heterocycles. The van der Waals surface area contributed by atoms with Gasteiger partial charge in [0, 0.05) is 37.3 Å². The van der Waals surface area contributed by atoms with Crippen molar-refractivity contribution in [3.05, 3.63) is 50.3 Å². The maximum Gasteiger partial charge on any atom is 0.309 e. The van der Waals surface area contributed by atoms with Crippen LogP contribution in [0.1, 0.15) is 37.7 Å². The molecule has 1 aromatic heterocycles. The molecule has 1 atom stereocenters. The topological polar surface area (TPSA) is 177 Å². The number of nitrogens with zero attached hydrogens (tertiary/aromatic N) is 3. The van der Waals surface area contributed by atoms with E-state index in [4.69, 9.17) is 4.74 Å². The van der Waals surface area contributed by atoms with E-state index >= 15 is 0 Å². The van der Waals surface area contributed by atoms with E-state index in [1.54, 1.807) is 11.8 Å². The summed E-state index contributed by atoms with van der Waals surface area (Å²) in [5.74, 6) is -2.51. The number of rotatable bonds is 6. The lowest BCUT2D eigenvalue weighted by atomic mass is 9.92. The number of nitro groups is 1. The highest BCUT2D eigenvalue weighted by Gasteiger charge is 2.36. The van der Waals surface area contributed by atoms with Crippen LogP contribution in [0.25, 0.3) is 0 Å². The molecule has 0 unspecified atom stereocenters. The van der Waals surface area contributed by atoms with Gasteiger partial charge in [-0.1, -0.05) is 6.07 Å². The predicted octanol–water partition coefficient (Wildman–Crippen LogP) is 1.52. The lowest BCUT2D eigenvalue weighted by Gasteiger charge is -2.32. The van der Waals surface area contributed by atoms with Crippen molar-refractivity contribution >= 4 is 40.9 Å². The van der Waals surface area contributed by atoms with E-state index in [-0.39, 0.29) is 47.0 Å². The standard InChI is InChI=1S/C22H24N6O7/c1-2-35-21(32)12-6-8-27(9-7-12)22-25-18-17(20(31)26-22)15(11-16(29)24-18)19(30)23-13-4-3-5-14(10-13)28(33)34/h3-5,10,12,15H,2,6-9,11H2,1H3,(H,23,30)(H2,24,25,26,29,31)/t15-/m1/s1. The SMILES string of the molecule is CCOC(=O)C1CCN(c2nc3c(c(=O)[nH]2)[C@H](C(=O)Nc2cccc([N+](=O)[O-])c2)CC(=O)N3)CC1. The van der Waals surface area contributed by atoms with Crippen LogP contribution in [0.2, 0.25) is 0 Å². The predicted molar refractivity (Wildman–Crippen MR) is 124 cm³/mol. The summed E-state index contributed by atoms with van der Waals surface area (Å²) < 4.78 is 5.07. The molecule has 1 aromatic carbocycles. The Morgan fingerprint density at radius 2 is 2.03 bits per heavy atom. The van der Waals surface area contributed by atoms with E-state index in [0.717, 1.165) is 0 Å². The van der Waals surface area contributed by atoms with E-state index in [1.165, 1.54) is 24.3 Å². The van der Waals surface area contributed by atoms with Gasteiger partial charge in [-0.15, -0.1) is 0 Å². The van der Waals surface area contributed by atoms with Gasteiger partial charge in [0.25, 0.3) is 11.2 Å². The number of aromatic amines is 1. The molecule has 1 saturated heterocycles. The molecule has 2 aliphatic rings. The fourth-order valence-corrected chi connectivity index (χ4v) is 4.25. The summed E-state index contributed by atoms with van der Waals surface area (Å²) in [4.78, 5) is 69.5. The number of fused-ring (bicyclic) bond motifs is 1. The number of non-ortho nitro benzene ring substituents is 1. The molecule has 0 aliphatic carbocycles. The number of esters is 1. The molecule has 2 amide bonds. The molecule has 0 radical (unpaired) electrons. The van der Waals surface area contributed by atoms with Crippen molar-refractivity contribution < 1.29 is 24.0 Å². The molecule has 35 heavy (non-hydrogen) atoms. The number of nitro benzene ring substituents is 1. The van der Waals surface area contributed by atoms with Crippen molar-refractivity contribution in [1.82, 2.24) is 9.97 Å². The average molecular weight is 484 g/mol. The first-order valence-corrected chi connectivity index (χ1v) is 11.2. The second-order valence-electron chi connectivity index (χ2n) is 8.27. The Morgan fingerprint density at radius 1 is 1.29 bits per heavy atom. The molecular formula is C22H24N6O7. The number of nitrogens with one attached hydrogen (secondary N) is 3. The van der Waals surface area contributed by atoms with Crippen LogP contribution in [-0.2, 0) is 19.1 Å². The third-order valence-electron chi connectivity index (χ3n) is 5.99. The number of hydrogen-bond acceptors (Lipinski definition) is 9. The number of anilines is 3. The summed E-state index contributed by atoms with van der Waals surface area (Å²) >= 11 is 0. The van der Waals surface area contributed by atoms with Crippen molar-refractivity contribution in [2.24, 2.45) is 5.92 Å². The smallest absolute Gasteiger partial charge is 0.309 e. The summed E-state index contributed by atoms with van der Waals surface area (Å²) in [6.07, 6.45) is 0.781. The third-order valence-corrected chi connectivity index (χ3v) is 5.99. The quantitative estimate of drug-likeness (QED) is 0.312. The average Bonchev–Trinajstić information content (AvgIpc) is 2.83. The minimum Gasteiger partial charge on any atom is -0.466 e. The zero-order valence-electron chi connectivity index (χ0n) is 18.9. The third kappa shape index (κ3) is 5.13. The van der Waals surface area contributed by atoms with Crippen LogP contribution >= 0.6 is 0 Å². The van der Waals surface area contributed by atoms with Gasteiger partial charge < -0.3 is 20.3 Å². The summed E-state index contributed by atoms with van der Waals surface area (Å²) in [6.45, 7) is 2.97. The second-order valence-corrected chi connectivity index (χ2v) is 8.27. The molecule has 2 aromatic rings. The first-order valence-electron chi connectivity index (χ1n) is 11.2. The monoisotopic (exact) mass is 484 g/mol. The number of carbonyl (C=O) groups excluding carboxylic acids is 3. The molecule has 0 saturated carbocycles. The molecule has 0 bridgehead atoms. The van der Waals surface area contributed by atoms with Crippen molar-refractivity contribution in [2.75, 3.05) is 35.2 Å². The van der Waals surface area contributed by atoms with Crippen LogP contribution in [-0.4, -0.2) is 52.4 Å². The molecular weight excluding hydrogens is 460 g/mol. The van der Waals surface area contributed by atoms with Gasteiger partial charge in [0.05, 0.1) is 28.9 Å². The number of hydrogen-bond donors (Lipinski definition) is 3. The second kappa shape index (κ2) is 9.91. The zero-order chi connectivity index (χ0) is 25.1. The van der Waals surface area contributed by atoms with E-state index < -0.39 is 28.2 Å². The largest absolute Gasteiger partial charge is 0.466 e. The van der Waals surface area contributed by atoms with Crippen molar-refractivity contribution in [3.63, 3.8) is 0 Å². The van der Waals surface area contributed by atoms with E-state index in [0.29, 0.717) is 32.5 Å². The van der Waals surface area contributed by atoms with Gasteiger partial charge in [0.15, 0.2) is 0 Å². The Balaban J connectivity index is 1.54. The summed E-state index contributed by atoms with van der Waals surface area (Å²) in [6, 6.07) is 5.36. The summed E-state index contributed by atoms with van der Waals surface area (Å²) in [5, 5.41) is 16.1. The fourth-order valence-electron chi connectivity index (χ4n) is 4.25. The molecule has 3 N–H and O–H groups in total. The molecule has 13 nitrogen and oxygen atoms in total. The van der Waals surface area contributed by atoms with Crippen LogP contribution in [0.4, 0.5) is 23.1 Å². The van der Waals surface area contributed by atoms with E-state index in [2.05, 4.69) is 20.6 Å². The van der Waals surface area contributed by atoms with Crippen LogP contribution in [0.5, 0.6) is 0 Å². The Labute approximate surface area is 199 Å². The first kappa shape index (κ1) is 23.9. The highest BCUT2D eigenvalue weighted by atomic mass is 16.6. The van der Waals surface area contributed by atoms with Gasteiger partial charge in [0.2, 0.25) is 17.8 Å². The molecule has 3 heterocycles.